The van der Waals surface area contributed by atoms with Gasteiger partial charge in [0.2, 0.25) is 0 Å². The average Bonchev–Trinajstić information content (AvgIpc) is 2.48. The SMILES string of the molecule is c1ccc2c(c1)SCCc1c[nH+]ncc1-2. The zero-order valence-electron chi connectivity index (χ0n) is 8.23. The van der Waals surface area contributed by atoms with Crippen molar-refractivity contribution in [1.82, 2.24) is 5.10 Å². The predicted octanol–water partition coefficient (Wildman–Crippen LogP) is 2.21. The molecule has 0 unspecified atom stereocenters. The summed E-state index contributed by atoms with van der Waals surface area (Å²) in [5, 5.41) is 7.02. The highest BCUT2D eigenvalue weighted by atomic mass is 32.2. The number of aromatic amines is 1. The van der Waals surface area contributed by atoms with Gasteiger partial charge in [0.15, 0.2) is 6.20 Å². The molecule has 1 aromatic heterocycles. The summed E-state index contributed by atoms with van der Waals surface area (Å²) in [7, 11) is 0. The summed E-state index contributed by atoms with van der Waals surface area (Å²) in [6, 6.07) is 8.55. The van der Waals surface area contributed by atoms with E-state index < -0.39 is 0 Å². The van der Waals surface area contributed by atoms with E-state index in [4.69, 9.17) is 0 Å². The van der Waals surface area contributed by atoms with Crippen LogP contribution in [0.3, 0.4) is 0 Å². The van der Waals surface area contributed by atoms with E-state index in [0.29, 0.717) is 0 Å². The molecule has 0 saturated heterocycles. The van der Waals surface area contributed by atoms with Crippen molar-refractivity contribution >= 4 is 11.8 Å². The smallest absolute Gasteiger partial charge is 0.125 e. The zero-order valence-corrected chi connectivity index (χ0v) is 9.05. The van der Waals surface area contributed by atoms with Crippen LogP contribution in [0.1, 0.15) is 5.56 Å². The van der Waals surface area contributed by atoms with Crippen molar-refractivity contribution in [1.29, 1.82) is 0 Å². The van der Waals surface area contributed by atoms with Crippen LogP contribution in [0.5, 0.6) is 0 Å². The Bertz CT molecular complexity index is 451. The van der Waals surface area contributed by atoms with Gasteiger partial charge in [-0.25, -0.2) is 0 Å². The highest BCUT2D eigenvalue weighted by Crippen LogP contribution is 2.36. The second kappa shape index (κ2) is 3.66. The van der Waals surface area contributed by atoms with Gasteiger partial charge in [-0.1, -0.05) is 18.2 Å². The predicted molar refractivity (Wildman–Crippen MR) is 60.7 cm³/mol. The van der Waals surface area contributed by atoms with E-state index in [1.54, 1.807) is 0 Å². The van der Waals surface area contributed by atoms with Gasteiger partial charge in [0.25, 0.3) is 0 Å². The number of fused-ring (bicyclic) bond motifs is 3. The quantitative estimate of drug-likeness (QED) is 0.673. The number of hydrogen-bond donors (Lipinski definition) is 0. The first-order chi connectivity index (χ1) is 7.45. The maximum atomic E-state index is 4.10. The Morgan fingerprint density at radius 1 is 1.20 bits per heavy atom. The van der Waals surface area contributed by atoms with Crippen molar-refractivity contribution < 1.29 is 5.10 Å². The first-order valence-electron chi connectivity index (χ1n) is 5.02. The fourth-order valence-electron chi connectivity index (χ4n) is 1.91. The minimum Gasteiger partial charge on any atom is -0.125 e. The number of nitrogens with one attached hydrogen (secondary N) is 1. The third-order valence-electron chi connectivity index (χ3n) is 2.66. The van der Waals surface area contributed by atoms with E-state index in [0.717, 1.165) is 12.2 Å². The van der Waals surface area contributed by atoms with Gasteiger partial charge >= 0.3 is 0 Å². The molecule has 0 radical (unpaired) electrons. The standard InChI is InChI=1S/C12H10N2S/c1-2-4-12-10(3-1)11-8-14-13-7-9(11)5-6-15-12/h1-4,7-8H,5-6H2/p+1. The van der Waals surface area contributed by atoms with E-state index in [1.807, 2.05) is 24.2 Å². The Morgan fingerprint density at radius 3 is 3.13 bits per heavy atom. The first kappa shape index (κ1) is 8.92. The van der Waals surface area contributed by atoms with Gasteiger partial charge in [0, 0.05) is 21.8 Å². The molecule has 1 aliphatic rings. The van der Waals surface area contributed by atoms with Crippen LogP contribution in [-0.2, 0) is 6.42 Å². The fraction of sp³-hybridized carbons (Fsp3) is 0.167. The van der Waals surface area contributed by atoms with E-state index in [1.165, 1.54) is 21.6 Å². The number of aromatic nitrogens is 2. The molecule has 0 bridgehead atoms. The molecule has 74 valence electrons. The van der Waals surface area contributed by atoms with Crippen molar-refractivity contribution in [2.45, 2.75) is 11.3 Å². The Morgan fingerprint density at radius 2 is 2.13 bits per heavy atom. The molecule has 2 nitrogen and oxygen atoms in total. The Hall–Kier alpha value is -1.35. The van der Waals surface area contributed by atoms with E-state index in [2.05, 4.69) is 34.5 Å². The maximum absolute atomic E-state index is 4.10. The molecule has 15 heavy (non-hydrogen) atoms. The van der Waals surface area contributed by atoms with Crippen LogP contribution in [-0.4, -0.2) is 10.9 Å². The molecule has 2 heterocycles. The molecule has 0 aliphatic carbocycles. The van der Waals surface area contributed by atoms with Crippen molar-refractivity contribution in [2.75, 3.05) is 5.75 Å². The lowest BCUT2D eigenvalue weighted by Gasteiger charge is -2.04. The minimum atomic E-state index is 1.10. The summed E-state index contributed by atoms with van der Waals surface area (Å²) in [6.07, 6.45) is 5.05. The Labute approximate surface area is 92.7 Å². The number of hydrogen-bond acceptors (Lipinski definition) is 2. The van der Waals surface area contributed by atoms with Gasteiger partial charge in [0.1, 0.15) is 6.20 Å². The second-order valence-corrected chi connectivity index (χ2v) is 4.70. The topological polar surface area (TPSA) is 27.0 Å². The number of nitrogens with zero attached hydrogens (tertiary/aromatic N) is 1. The number of benzene rings is 1. The van der Waals surface area contributed by atoms with Gasteiger partial charge in [0.05, 0.1) is 0 Å². The lowest BCUT2D eigenvalue weighted by atomic mass is 10.0. The van der Waals surface area contributed by atoms with Crippen LogP contribution in [0.15, 0.2) is 41.6 Å². The lowest BCUT2D eigenvalue weighted by molar-refractivity contribution is -0.455. The van der Waals surface area contributed by atoms with Crippen molar-refractivity contribution in [3.8, 4) is 11.1 Å². The average molecular weight is 215 g/mol. The number of H-pyrrole nitrogens is 1. The summed E-state index contributed by atoms with van der Waals surface area (Å²) in [5.74, 6) is 1.14. The van der Waals surface area contributed by atoms with E-state index >= 15 is 0 Å². The summed E-state index contributed by atoms with van der Waals surface area (Å²) in [6.45, 7) is 0. The van der Waals surface area contributed by atoms with Crippen LogP contribution >= 0.6 is 11.8 Å². The normalized spacial score (nSPS) is 13.9. The number of rotatable bonds is 0. The molecular formula is C12H11N2S+. The highest BCUT2D eigenvalue weighted by Gasteiger charge is 2.15. The third-order valence-corrected chi connectivity index (χ3v) is 3.73. The Kier molecular flexibility index (Phi) is 2.18. The molecule has 1 aromatic carbocycles. The van der Waals surface area contributed by atoms with E-state index in [9.17, 15) is 0 Å². The molecule has 0 saturated carbocycles. The van der Waals surface area contributed by atoms with E-state index in [-0.39, 0.29) is 0 Å². The molecule has 0 fully saturated rings. The van der Waals surface area contributed by atoms with Crippen LogP contribution in [0, 0.1) is 0 Å². The van der Waals surface area contributed by atoms with Crippen molar-refractivity contribution in [3.63, 3.8) is 0 Å². The molecule has 0 spiro atoms. The summed E-state index contributed by atoms with van der Waals surface area (Å²) < 4.78 is 0. The molecule has 0 amide bonds. The van der Waals surface area contributed by atoms with Gasteiger partial charge in [-0.2, -0.15) is 0 Å². The van der Waals surface area contributed by atoms with Crippen LogP contribution in [0.2, 0.25) is 0 Å². The zero-order chi connectivity index (χ0) is 10.1. The van der Waals surface area contributed by atoms with Crippen LogP contribution in [0.4, 0.5) is 0 Å². The largest absolute Gasteiger partial charge is 0.197 e. The molecule has 0 atom stereocenters. The molecule has 1 N–H and O–H groups in total. The molecule has 3 rings (SSSR count). The van der Waals surface area contributed by atoms with Crippen LogP contribution in [0.25, 0.3) is 11.1 Å². The maximum Gasteiger partial charge on any atom is 0.197 e. The monoisotopic (exact) mass is 215 g/mol. The van der Waals surface area contributed by atoms with Crippen molar-refractivity contribution in [3.05, 3.63) is 42.2 Å². The minimum absolute atomic E-state index is 1.10. The first-order valence-corrected chi connectivity index (χ1v) is 6.01. The van der Waals surface area contributed by atoms with Crippen molar-refractivity contribution in [2.24, 2.45) is 0 Å². The molecule has 1 aliphatic heterocycles. The summed E-state index contributed by atoms with van der Waals surface area (Å²) in [5.41, 5.74) is 3.95. The van der Waals surface area contributed by atoms with Gasteiger partial charge in [-0.05, 0) is 23.1 Å². The lowest BCUT2D eigenvalue weighted by Crippen LogP contribution is -2.09. The van der Waals surface area contributed by atoms with Gasteiger partial charge in [-0.3, -0.25) is 0 Å². The second-order valence-electron chi connectivity index (χ2n) is 3.57. The molecule has 2 aromatic rings. The molecule has 3 heteroatoms. The fourth-order valence-corrected chi connectivity index (χ4v) is 2.96. The number of thioether (sulfide) groups is 1. The highest BCUT2D eigenvalue weighted by molar-refractivity contribution is 7.99. The number of aryl methyl sites for hydroxylation is 1. The summed E-state index contributed by atoms with van der Waals surface area (Å²) >= 11 is 1.92. The van der Waals surface area contributed by atoms with Gasteiger partial charge < -0.3 is 0 Å². The third kappa shape index (κ3) is 1.53. The van der Waals surface area contributed by atoms with Crippen LogP contribution < -0.4 is 5.10 Å². The molecular weight excluding hydrogens is 204 g/mol. The Balaban J connectivity index is 2.27. The summed E-state index contributed by atoms with van der Waals surface area (Å²) in [4.78, 5) is 1.37. The van der Waals surface area contributed by atoms with Gasteiger partial charge in [-0.15, -0.1) is 16.9 Å².